The lowest BCUT2D eigenvalue weighted by Crippen LogP contribution is -2.45. The molecule has 0 saturated heterocycles. The van der Waals surface area contributed by atoms with Crippen LogP contribution >= 0.6 is 11.6 Å². The largest absolute Gasteiger partial charge is 0.339 e. The van der Waals surface area contributed by atoms with E-state index in [0.717, 1.165) is 28.1 Å². The first-order valence-corrected chi connectivity index (χ1v) is 14.1. The van der Waals surface area contributed by atoms with Crippen LogP contribution in [0, 0.1) is 6.92 Å². The number of rotatable bonds is 9. The summed E-state index contributed by atoms with van der Waals surface area (Å²) in [5.74, 6) is -0.871. The molecule has 11 nitrogen and oxygen atoms in total. The monoisotopic (exact) mass is 598 g/mol. The molecule has 2 aromatic carbocycles. The molecule has 5 rings (SSSR count). The molecule has 0 spiro atoms. The van der Waals surface area contributed by atoms with E-state index in [1.54, 1.807) is 48.1 Å². The molecule has 5 aromatic rings. The van der Waals surface area contributed by atoms with Gasteiger partial charge in [0.25, 0.3) is 11.5 Å². The van der Waals surface area contributed by atoms with E-state index >= 15 is 0 Å². The van der Waals surface area contributed by atoms with E-state index in [-0.39, 0.29) is 18.0 Å². The van der Waals surface area contributed by atoms with Gasteiger partial charge in [0.05, 0.1) is 5.69 Å². The summed E-state index contributed by atoms with van der Waals surface area (Å²) in [5, 5.41) is 21.0. The average Bonchev–Trinajstić information content (AvgIpc) is 3.62. The zero-order valence-corrected chi connectivity index (χ0v) is 24.9. The van der Waals surface area contributed by atoms with Crippen LogP contribution in [0.2, 0.25) is 5.02 Å². The third-order valence-electron chi connectivity index (χ3n) is 7.12. The number of aromatic nitrogens is 6. The standard InChI is InChI=1S/C31H31ClN8O3/c1-18(2)40-17-22(8-12-28(40)41)21-7-11-25(32)23(15-21)16-26(35-31(43)27-13-14-33-39(27)4)30(42)34-24-9-5-20(6-10-24)29-19(3)36-38-37-29/h5-15,17-18,26H,16H2,1-4H3,(H,34,42)(H,35,43)(H,36,37,38). The van der Waals surface area contributed by atoms with Gasteiger partial charge < -0.3 is 15.2 Å². The highest BCUT2D eigenvalue weighted by Crippen LogP contribution is 2.27. The molecule has 0 saturated carbocycles. The molecule has 3 heterocycles. The van der Waals surface area contributed by atoms with Crippen molar-refractivity contribution in [2.45, 2.75) is 39.3 Å². The van der Waals surface area contributed by atoms with Crippen molar-refractivity contribution in [3.05, 3.63) is 105 Å². The second kappa shape index (κ2) is 12.5. The van der Waals surface area contributed by atoms with E-state index in [9.17, 15) is 14.4 Å². The first-order chi connectivity index (χ1) is 20.6. The highest BCUT2D eigenvalue weighted by molar-refractivity contribution is 6.31. The van der Waals surface area contributed by atoms with Gasteiger partial charge in [0.15, 0.2) is 0 Å². The van der Waals surface area contributed by atoms with Crippen LogP contribution in [-0.2, 0) is 18.3 Å². The van der Waals surface area contributed by atoms with Crippen LogP contribution in [0.1, 0.15) is 41.6 Å². The number of benzene rings is 2. The third-order valence-corrected chi connectivity index (χ3v) is 7.49. The van der Waals surface area contributed by atoms with Gasteiger partial charge in [0, 0.05) is 54.2 Å². The van der Waals surface area contributed by atoms with Crippen LogP contribution < -0.4 is 16.2 Å². The second-order valence-corrected chi connectivity index (χ2v) is 10.9. The molecule has 0 bridgehead atoms. The summed E-state index contributed by atoms with van der Waals surface area (Å²) >= 11 is 6.61. The molecule has 3 aromatic heterocycles. The first kappa shape index (κ1) is 29.5. The van der Waals surface area contributed by atoms with E-state index in [0.29, 0.717) is 22.0 Å². The van der Waals surface area contributed by atoms with Gasteiger partial charge in [-0.3, -0.25) is 24.2 Å². The molecule has 0 fully saturated rings. The SMILES string of the molecule is Cc1[nH]nnc1-c1ccc(NC(=O)C(Cc2cc(-c3ccc(=O)n(C(C)C)c3)ccc2Cl)NC(=O)c2ccnn2C)cc1. The second-order valence-electron chi connectivity index (χ2n) is 10.5. The summed E-state index contributed by atoms with van der Waals surface area (Å²) in [6.07, 6.45) is 3.43. The molecule has 2 amide bonds. The number of aryl methyl sites for hydroxylation is 2. The maximum Gasteiger partial charge on any atom is 0.270 e. The van der Waals surface area contributed by atoms with Gasteiger partial charge >= 0.3 is 0 Å². The molecule has 0 aliphatic heterocycles. The molecule has 0 aliphatic carbocycles. The predicted octanol–water partition coefficient (Wildman–Crippen LogP) is 4.56. The number of aromatic amines is 1. The Labute approximate surface area is 252 Å². The Balaban J connectivity index is 1.43. The fourth-order valence-electron chi connectivity index (χ4n) is 4.74. The van der Waals surface area contributed by atoms with Gasteiger partial charge in [-0.25, -0.2) is 0 Å². The van der Waals surface area contributed by atoms with Crippen LogP contribution in [0.15, 0.2) is 77.9 Å². The maximum absolute atomic E-state index is 13.6. The Bertz CT molecular complexity index is 1840. The molecule has 3 N–H and O–H groups in total. The minimum absolute atomic E-state index is 0.0106. The van der Waals surface area contributed by atoms with Crippen LogP contribution in [0.4, 0.5) is 5.69 Å². The zero-order valence-electron chi connectivity index (χ0n) is 24.1. The molecular weight excluding hydrogens is 568 g/mol. The number of nitrogens with zero attached hydrogens (tertiary/aromatic N) is 5. The number of carbonyl (C=O) groups excluding carboxylic acids is 2. The van der Waals surface area contributed by atoms with Crippen LogP contribution in [0.25, 0.3) is 22.4 Å². The van der Waals surface area contributed by atoms with Gasteiger partial charge in [-0.1, -0.05) is 35.0 Å². The Hall–Kier alpha value is -5.03. The van der Waals surface area contributed by atoms with E-state index in [2.05, 4.69) is 31.1 Å². The lowest BCUT2D eigenvalue weighted by Gasteiger charge is -2.20. The lowest BCUT2D eigenvalue weighted by molar-refractivity contribution is -0.118. The Morgan fingerprint density at radius 1 is 1.00 bits per heavy atom. The zero-order chi connectivity index (χ0) is 30.7. The highest BCUT2D eigenvalue weighted by atomic mass is 35.5. The predicted molar refractivity (Wildman–Crippen MR) is 165 cm³/mol. The summed E-state index contributed by atoms with van der Waals surface area (Å²) < 4.78 is 3.09. The van der Waals surface area contributed by atoms with E-state index in [4.69, 9.17) is 11.6 Å². The lowest BCUT2D eigenvalue weighted by atomic mass is 9.99. The average molecular weight is 599 g/mol. The molecule has 220 valence electrons. The molecule has 1 unspecified atom stereocenters. The third kappa shape index (κ3) is 6.57. The summed E-state index contributed by atoms with van der Waals surface area (Å²) in [4.78, 5) is 39.1. The first-order valence-electron chi connectivity index (χ1n) is 13.7. The number of amides is 2. The van der Waals surface area contributed by atoms with Gasteiger partial charge in [-0.2, -0.15) is 5.10 Å². The number of anilines is 1. The topological polar surface area (TPSA) is 140 Å². The van der Waals surface area contributed by atoms with Crippen molar-refractivity contribution in [2.75, 3.05) is 5.32 Å². The number of hydrogen-bond donors (Lipinski definition) is 3. The minimum Gasteiger partial charge on any atom is -0.339 e. The number of pyridine rings is 1. The molecule has 43 heavy (non-hydrogen) atoms. The Morgan fingerprint density at radius 2 is 1.72 bits per heavy atom. The molecule has 0 radical (unpaired) electrons. The minimum atomic E-state index is -0.975. The van der Waals surface area contributed by atoms with Crippen molar-refractivity contribution >= 4 is 29.1 Å². The fourth-order valence-corrected chi connectivity index (χ4v) is 4.93. The van der Waals surface area contributed by atoms with E-state index in [1.165, 1.54) is 16.9 Å². The molecule has 12 heteroatoms. The number of halogens is 1. The van der Waals surface area contributed by atoms with Gasteiger partial charge in [0.2, 0.25) is 5.91 Å². The van der Waals surface area contributed by atoms with E-state index in [1.807, 2.05) is 45.0 Å². The molecule has 0 aliphatic rings. The van der Waals surface area contributed by atoms with Crippen LogP contribution in [0.5, 0.6) is 0 Å². The summed E-state index contributed by atoms with van der Waals surface area (Å²) in [7, 11) is 1.65. The number of carbonyl (C=O) groups is 2. The van der Waals surface area contributed by atoms with Crippen molar-refractivity contribution in [3.63, 3.8) is 0 Å². The quantitative estimate of drug-likeness (QED) is 0.227. The molecular formula is C31H31ClN8O3. The van der Waals surface area contributed by atoms with Crippen molar-refractivity contribution in [2.24, 2.45) is 7.05 Å². The van der Waals surface area contributed by atoms with E-state index < -0.39 is 17.9 Å². The van der Waals surface area contributed by atoms with Crippen molar-refractivity contribution in [1.29, 1.82) is 0 Å². The van der Waals surface area contributed by atoms with Crippen molar-refractivity contribution in [1.82, 2.24) is 35.1 Å². The van der Waals surface area contributed by atoms with Gasteiger partial charge in [-0.15, -0.1) is 5.10 Å². The number of hydrogen-bond acceptors (Lipinski definition) is 6. The van der Waals surface area contributed by atoms with Gasteiger partial charge in [-0.05, 0) is 73.9 Å². The van der Waals surface area contributed by atoms with Crippen molar-refractivity contribution < 1.29 is 9.59 Å². The summed E-state index contributed by atoms with van der Waals surface area (Å²) in [6.45, 7) is 5.76. The normalized spacial score (nSPS) is 11.9. The Kier molecular flexibility index (Phi) is 8.53. The summed E-state index contributed by atoms with van der Waals surface area (Å²) in [5.41, 5.74) is 5.47. The number of nitrogens with one attached hydrogen (secondary N) is 3. The Morgan fingerprint density at radius 3 is 2.37 bits per heavy atom. The smallest absolute Gasteiger partial charge is 0.270 e. The van der Waals surface area contributed by atoms with Crippen molar-refractivity contribution in [3.8, 4) is 22.4 Å². The van der Waals surface area contributed by atoms with Gasteiger partial charge in [0.1, 0.15) is 17.4 Å². The van der Waals surface area contributed by atoms with Crippen LogP contribution in [-0.4, -0.2) is 47.6 Å². The maximum atomic E-state index is 13.6. The summed E-state index contributed by atoms with van der Waals surface area (Å²) in [6, 6.07) is 16.6. The van der Waals surface area contributed by atoms with Crippen LogP contribution in [0.3, 0.4) is 0 Å². The number of H-pyrrole nitrogens is 1. The highest BCUT2D eigenvalue weighted by Gasteiger charge is 2.25. The molecule has 1 atom stereocenters. The fraction of sp³-hybridized carbons (Fsp3) is 0.226.